The molecule has 0 saturated heterocycles. The number of nitrogens with zero attached hydrogens (tertiary/aromatic N) is 2. The van der Waals surface area contributed by atoms with Crippen LogP contribution < -0.4 is 0 Å². The van der Waals surface area contributed by atoms with Crippen molar-refractivity contribution in [2.24, 2.45) is 7.05 Å². The molecule has 4 nitrogen and oxygen atoms in total. The maximum absolute atomic E-state index is 9.72. The Kier molecular flexibility index (Phi) is 3.29. The van der Waals surface area contributed by atoms with Gasteiger partial charge in [0.25, 0.3) is 0 Å². The van der Waals surface area contributed by atoms with Gasteiger partial charge in [-0.2, -0.15) is 5.10 Å². The fourth-order valence-corrected chi connectivity index (χ4v) is 1.04. The van der Waals surface area contributed by atoms with Gasteiger partial charge in [0.05, 0.1) is 18.4 Å². The molecule has 0 aromatic carbocycles. The van der Waals surface area contributed by atoms with Crippen molar-refractivity contribution in [2.75, 3.05) is 6.61 Å². The average molecular weight is 198 g/mol. The summed E-state index contributed by atoms with van der Waals surface area (Å²) in [5.41, 5.74) is 0.570. The zero-order valence-corrected chi connectivity index (χ0v) is 9.19. The summed E-state index contributed by atoms with van der Waals surface area (Å²) in [4.78, 5) is 0. The molecule has 1 aromatic heterocycles. The molecule has 1 heterocycles. The molecular weight excluding hydrogens is 180 g/mol. The number of aliphatic hydroxyl groups excluding tert-OH is 1. The highest BCUT2D eigenvalue weighted by Crippen LogP contribution is 2.15. The number of hydrogen-bond acceptors (Lipinski definition) is 3. The quantitative estimate of drug-likeness (QED) is 0.795. The lowest BCUT2D eigenvalue weighted by molar-refractivity contribution is -0.0496. The van der Waals surface area contributed by atoms with Gasteiger partial charge in [-0.15, -0.1) is 0 Å². The van der Waals surface area contributed by atoms with E-state index in [1.807, 2.05) is 27.8 Å². The number of aromatic nitrogens is 2. The molecule has 0 spiro atoms. The normalized spacial score (nSPS) is 14.4. The summed E-state index contributed by atoms with van der Waals surface area (Å²) in [7, 11) is 1.82. The molecule has 1 aromatic rings. The van der Waals surface area contributed by atoms with Crippen LogP contribution in [-0.2, 0) is 11.8 Å². The number of rotatable bonds is 3. The van der Waals surface area contributed by atoms with Crippen molar-refractivity contribution in [1.82, 2.24) is 9.78 Å². The van der Waals surface area contributed by atoms with E-state index < -0.39 is 6.10 Å². The summed E-state index contributed by atoms with van der Waals surface area (Å²) in [6.45, 7) is 6.18. The van der Waals surface area contributed by atoms with Crippen molar-refractivity contribution in [3.8, 4) is 0 Å². The molecule has 0 aliphatic heterocycles. The van der Waals surface area contributed by atoms with Crippen LogP contribution in [0.2, 0.25) is 0 Å². The Morgan fingerprint density at radius 1 is 1.57 bits per heavy atom. The van der Waals surface area contributed by atoms with Crippen LogP contribution in [0.5, 0.6) is 0 Å². The predicted molar refractivity (Wildman–Crippen MR) is 53.9 cm³/mol. The van der Waals surface area contributed by atoms with Gasteiger partial charge in [0.2, 0.25) is 0 Å². The zero-order valence-electron chi connectivity index (χ0n) is 9.19. The van der Waals surface area contributed by atoms with Gasteiger partial charge in [-0.05, 0) is 20.8 Å². The third kappa shape index (κ3) is 3.47. The van der Waals surface area contributed by atoms with Gasteiger partial charge in [-0.1, -0.05) is 0 Å². The predicted octanol–water partition coefficient (Wildman–Crippen LogP) is 1.27. The first-order chi connectivity index (χ1) is 6.38. The van der Waals surface area contributed by atoms with Gasteiger partial charge in [0.1, 0.15) is 6.10 Å². The number of aryl methyl sites for hydroxylation is 1. The largest absolute Gasteiger partial charge is 0.386 e. The van der Waals surface area contributed by atoms with E-state index in [1.165, 1.54) is 0 Å². The van der Waals surface area contributed by atoms with Crippen LogP contribution in [0.15, 0.2) is 12.4 Å². The Morgan fingerprint density at radius 3 is 2.64 bits per heavy atom. The molecule has 0 amide bonds. The first-order valence-corrected chi connectivity index (χ1v) is 4.69. The molecule has 0 radical (unpaired) electrons. The second-order valence-electron chi connectivity index (χ2n) is 4.39. The smallest absolute Gasteiger partial charge is 0.105 e. The Labute approximate surface area is 84.5 Å². The minimum absolute atomic E-state index is 0.219. The van der Waals surface area contributed by atoms with E-state index in [0.29, 0.717) is 6.61 Å². The number of aliphatic hydroxyl groups is 1. The van der Waals surface area contributed by atoms with Crippen molar-refractivity contribution >= 4 is 0 Å². The van der Waals surface area contributed by atoms with E-state index in [1.54, 1.807) is 17.1 Å². The molecule has 1 unspecified atom stereocenters. The van der Waals surface area contributed by atoms with Crippen LogP contribution >= 0.6 is 0 Å². The molecule has 1 rings (SSSR count). The molecule has 0 bridgehead atoms. The number of ether oxygens (including phenoxy) is 1. The Morgan fingerprint density at radius 2 is 2.21 bits per heavy atom. The standard InChI is InChI=1S/C10H18N2O2/c1-10(2,3)14-7-9(13)8-5-11-12(4)6-8/h5-6,9,13H,7H2,1-4H3. The highest BCUT2D eigenvalue weighted by atomic mass is 16.5. The Bertz CT molecular complexity index is 289. The first kappa shape index (κ1) is 11.2. The lowest BCUT2D eigenvalue weighted by Crippen LogP contribution is -2.22. The van der Waals surface area contributed by atoms with Gasteiger partial charge >= 0.3 is 0 Å². The van der Waals surface area contributed by atoms with Gasteiger partial charge in [-0.3, -0.25) is 4.68 Å². The van der Waals surface area contributed by atoms with Crippen molar-refractivity contribution in [3.63, 3.8) is 0 Å². The second kappa shape index (κ2) is 4.11. The van der Waals surface area contributed by atoms with Crippen LogP contribution in [0, 0.1) is 0 Å². The van der Waals surface area contributed by atoms with Gasteiger partial charge in [0, 0.05) is 18.8 Å². The maximum atomic E-state index is 9.72. The lowest BCUT2D eigenvalue weighted by Gasteiger charge is -2.21. The van der Waals surface area contributed by atoms with Crippen LogP contribution in [0.25, 0.3) is 0 Å². The van der Waals surface area contributed by atoms with Gasteiger partial charge in [0.15, 0.2) is 0 Å². The topological polar surface area (TPSA) is 47.3 Å². The minimum Gasteiger partial charge on any atom is -0.386 e. The molecule has 0 aliphatic carbocycles. The van der Waals surface area contributed by atoms with E-state index in [2.05, 4.69) is 5.10 Å². The maximum Gasteiger partial charge on any atom is 0.105 e. The highest BCUT2D eigenvalue weighted by Gasteiger charge is 2.15. The van der Waals surface area contributed by atoms with Crippen molar-refractivity contribution in [2.45, 2.75) is 32.5 Å². The van der Waals surface area contributed by atoms with Gasteiger partial charge < -0.3 is 9.84 Å². The first-order valence-electron chi connectivity index (χ1n) is 4.69. The van der Waals surface area contributed by atoms with Crippen molar-refractivity contribution in [3.05, 3.63) is 18.0 Å². The zero-order chi connectivity index (χ0) is 10.8. The summed E-state index contributed by atoms with van der Waals surface area (Å²) in [5.74, 6) is 0. The summed E-state index contributed by atoms with van der Waals surface area (Å²) in [5, 5.41) is 13.7. The summed E-state index contributed by atoms with van der Waals surface area (Å²) in [6.07, 6.45) is 2.84. The Hall–Kier alpha value is -0.870. The lowest BCUT2D eigenvalue weighted by atomic mass is 10.2. The van der Waals surface area contributed by atoms with E-state index in [9.17, 15) is 5.11 Å². The monoisotopic (exact) mass is 198 g/mol. The molecule has 0 fully saturated rings. The molecular formula is C10H18N2O2. The second-order valence-corrected chi connectivity index (χ2v) is 4.39. The SMILES string of the molecule is Cn1cc(C(O)COC(C)(C)C)cn1. The van der Waals surface area contributed by atoms with Crippen LogP contribution in [-0.4, -0.2) is 27.1 Å². The molecule has 1 atom stereocenters. The van der Waals surface area contributed by atoms with Crippen LogP contribution in [0.1, 0.15) is 32.4 Å². The molecule has 0 aliphatic rings. The fourth-order valence-electron chi connectivity index (χ4n) is 1.04. The van der Waals surface area contributed by atoms with Gasteiger partial charge in [-0.25, -0.2) is 0 Å². The van der Waals surface area contributed by atoms with Crippen molar-refractivity contribution in [1.29, 1.82) is 0 Å². The molecule has 14 heavy (non-hydrogen) atoms. The molecule has 80 valence electrons. The molecule has 4 heteroatoms. The Balaban J connectivity index is 2.47. The van der Waals surface area contributed by atoms with Crippen LogP contribution in [0.3, 0.4) is 0 Å². The number of hydrogen-bond donors (Lipinski definition) is 1. The van der Waals surface area contributed by atoms with E-state index in [-0.39, 0.29) is 5.60 Å². The third-order valence-corrected chi connectivity index (χ3v) is 1.78. The fraction of sp³-hybridized carbons (Fsp3) is 0.700. The molecule has 1 N–H and O–H groups in total. The molecule has 0 saturated carbocycles. The third-order valence-electron chi connectivity index (χ3n) is 1.78. The van der Waals surface area contributed by atoms with E-state index in [4.69, 9.17) is 4.74 Å². The average Bonchev–Trinajstić information content (AvgIpc) is 2.46. The van der Waals surface area contributed by atoms with E-state index in [0.717, 1.165) is 5.56 Å². The summed E-state index contributed by atoms with van der Waals surface area (Å²) in [6, 6.07) is 0. The van der Waals surface area contributed by atoms with Crippen molar-refractivity contribution < 1.29 is 9.84 Å². The van der Waals surface area contributed by atoms with Crippen LogP contribution in [0.4, 0.5) is 0 Å². The minimum atomic E-state index is -0.595. The van der Waals surface area contributed by atoms with E-state index >= 15 is 0 Å². The summed E-state index contributed by atoms with van der Waals surface area (Å²) >= 11 is 0. The highest BCUT2D eigenvalue weighted by molar-refractivity contribution is 5.07. The summed E-state index contributed by atoms with van der Waals surface area (Å²) < 4.78 is 7.13.